The summed E-state index contributed by atoms with van der Waals surface area (Å²) in [5, 5.41) is 16.3. The van der Waals surface area contributed by atoms with E-state index in [4.69, 9.17) is 19.3 Å². The number of carbonyl (C=O) groups is 1. The van der Waals surface area contributed by atoms with Crippen molar-refractivity contribution in [2.75, 3.05) is 38.6 Å². The Morgan fingerprint density at radius 1 is 1.24 bits per heavy atom. The highest BCUT2D eigenvalue weighted by molar-refractivity contribution is 8.00. The summed E-state index contributed by atoms with van der Waals surface area (Å²) in [7, 11) is 3.27. The van der Waals surface area contributed by atoms with Crippen molar-refractivity contribution >= 4 is 34.6 Å². The minimum atomic E-state index is -0.0368. The van der Waals surface area contributed by atoms with Crippen molar-refractivity contribution in [1.82, 2.24) is 15.4 Å². The van der Waals surface area contributed by atoms with Crippen LogP contribution in [0.1, 0.15) is 18.4 Å². The third-order valence-electron chi connectivity index (χ3n) is 5.85. The molecule has 1 saturated heterocycles. The average molecular weight is 482 g/mol. The Labute approximate surface area is 202 Å². The summed E-state index contributed by atoms with van der Waals surface area (Å²) in [5.41, 5.74) is 1.69. The number of nitrogens with zero attached hydrogens (tertiary/aromatic N) is 3. The maximum Gasteiger partial charge on any atom is 0.224 e. The van der Waals surface area contributed by atoms with Gasteiger partial charge in [0.15, 0.2) is 11.4 Å². The highest BCUT2D eigenvalue weighted by Gasteiger charge is 2.25. The Morgan fingerprint density at radius 3 is 2.74 bits per heavy atom. The fraction of sp³-hybridized carbons (Fsp3) is 0.375. The molecule has 1 aromatic heterocycles. The van der Waals surface area contributed by atoms with Gasteiger partial charge in [-0.15, -0.1) is 0 Å². The van der Waals surface area contributed by atoms with Crippen LogP contribution in [0.5, 0.6) is 11.5 Å². The zero-order valence-corrected chi connectivity index (χ0v) is 20.0. The lowest BCUT2D eigenvalue weighted by molar-refractivity contribution is -0.126. The zero-order chi connectivity index (χ0) is 23.9. The number of nitrogens with one attached hydrogen (secondary N) is 2. The molecule has 1 aliphatic heterocycles. The number of para-hydroxylation sites is 1. The summed E-state index contributed by atoms with van der Waals surface area (Å²) in [6.45, 7) is 2.40. The van der Waals surface area contributed by atoms with Gasteiger partial charge in [0.2, 0.25) is 5.91 Å². The van der Waals surface area contributed by atoms with Crippen LogP contribution in [-0.4, -0.2) is 49.8 Å². The topological polar surface area (TPSA) is 113 Å². The number of ether oxygens (including phenoxy) is 2. The lowest BCUT2D eigenvalue weighted by atomic mass is 9.95. The van der Waals surface area contributed by atoms with Crippen LogP contribution >= 0.6 is 11.9 Å². The number of aromatic nitrogens is 1. The number of likely N-dealkylation sites (tertiary alicyclic amines) is 1. The van der Waals surface area contributed by atoms with Crippen molar-refractivity contribution in [2.45, 2.75) is 24.3 Å². The standard InChI is InChI=1S/C24H27N5O4S/c1-31-18-5-3-4-6-21(18)34-28-23-22-19(32-2)13-16(14-20(22)33-27-23)15-29-11-7-17(8-12-29)24(30)26-10-9-25/h3-6,13-14,17H,7-8,10-12,15H2,1-2H3,(H,26,30)(H,27,28). The van der Waals surface area contributed by atoms with Crippen LogP contribution < -0.4 is 19.5 Å². The first-order chi connectivity index (χ1) is 16.6. The Kier molecular flexibility index (Phi) is 7.77. The van der Waals surface area contributed by atoms with Gasteiger partial charge in [-0.2, -0.15) is 5.26 Å². The second-order valence-electron chi connectivity index (χ2n) is 7.98. The molecular formula is C24H27N5O4S. The van der Waals surface area contributed by atoms with Crippen molar-refractivity contribution in [1.29, 1.82) is 5.26 Å². The van der Waals surface area contributed by atoms with E-state index >= 15 is 0 Å². The average Bonchev–Trinajstić information content (AvgIpc) is 3.29. The van der Waals surface area contributed by atoms with Gasteiger partial charge in [-0.05, 0) is 67.7 Å². The maximum absolute atomic E-state index is 12.1. The van der Waals surface area contributed by atoms with Crippen LogP contribution in [0.25, 0.3) is 11.0 Å². The fourth-order valence-corrected chi connectivity index (χ4v) is 4.85. The van der Waals surface area contributed by atoms with Gasteiger partial charge in [-0.1, -0.05) is 17.3 Å². The van der Waals surface area contributed by atoms with E-state index in [1.54, 1.807) is 14.2 Å². The predicted molar refractivity (Wildman–Crippen MR) is 130 cm³/mol. The molecule has 0 radical (unpaired) electrons. The molecule has 178 valence electrons. The number of rotatable bonds is 9. The van der Waals surface area contributed by atoms with Gasteiger partial charge >= 0.3 is 0 Å². The second kappa shape index (κ2) is 11.1. The highest BCUT2D eigenvalue weighted by Crippen LogP contribution is 2.37. The third-order valence-corrected chi connectivity index (χ3v) is 6.70. The van der Waals surface area contributed by atoms with Crippen molar-refractivity contribution in [3.63, 3.8) is 0 Å². The van der Waals surface area contributed by atoms with Crippen LogP contribution in [0.3, 0.4) is 0 Å². The SMILES string of the molecule is COc1ccccc1SNc1noc2cc(CN3CCC(C(=O)NCC#N)CC3)cc(OC)c12. The minimum absolute atomic E-state index is 0.0306. The van der Waals surface area contributed by atoms with E-state index in [0.717, 1.165) is 54.1 Å². The number of carbonyl (C=O) groups excluding carboxylic acids is 1. The molecule has 1 fully saturated rings. The normalized spacial score (nSPS) is 14.5. The number of fused-ring (bicyclic) bond motifs is 1. The number of benzene rings is 2. The Morgan fingerprint density at radius 2 is 2.00 bits per heavy atom. The Hall–Kier alpha value is -3.42. The van der Waals surface area contributed by atoms with Gasteiger partial charge in [-0.3, -0.25) is 9.69 Å². The van der Waals surface area contributed by atoms with Crippen LogP contribution in [0.15, 0.2) is 45.8 Å². The highest BCUT2D eigenvalue weighted by atomic mass is 32.2. The summed E-state index contributed by atoms with van der Waals surface area (Å²) in [4.78, 5) is 15.3. The monoisotopic (exact) mass is 481 g/mol. The number of nitriles is 1. The summed E-state index contributed by atoms with van der Waals surface area (Å²) in [5.74, 6) is 1.97. The van der Waals surface area contributed by atoms with Crippen LogP contribution in [-0.2, 0) is 11.3 Å². The van der Waals surface area contributed by atoms with Gasteiger partial charge in [-0.25, -0.2) is 0 Å². The van der Waals surface area contributed by atoms with Gasteiger partial charge in [0.25, 0.3) is 0 Å². The molecule has 2 heterocycles. The molecule has 0 spiro atoms. The molecule has 10 heteroatoms. The third kappa shape index (κ3) is 5.38. The molecule has 1 aliphatic rings. The van der Waals surface area contributed by atoms with Crippen LogP contribution in [0.4, 0.5) is 5.82 Å². The van der Waals surface area contributed by atoms with Gasteiger partial charge in [0.1, 0.15) is 23.4 Å². The zero-order valence-electron chi connectivity index (χ0n) is 19.2. The summed E-state index contributed by atoms with van der Waals surface area (Å²) in [6, 6.07) is 13.7. The van der Waals surface area contributed by atoms with E-state index in [-0.39, 0.29) is 18.4 Å². The van der Waals surface area contributed by atoms with Crippen LogP contribution in [0, 0.1) is 17.2 Å². The Bertz CT molecular complexity index is 1180. The molecule has 0 atom stereocenters. The molecule has 4 rings (SSSR count). The maximum atomic E-state index is 12.1. The lowest BCUT2D eigenvalue weighted by Gasteiger charge is -2.31. The molecule has 2 N–H and O–H groups in total. The molecule has 9 nitrogen and oxygen atoms in total. The van der Waals surface area contributed by atoms with E-state index < -0.39 is 0 Å². The number of hydrogen-bond donors (Lipinski definition) is 2. The van der Waals surface area contributed by atoms with Gasteiger partial charge in [0.05, 0.1) is 25.2 Å². The molecule has 0 aliphatic carbocycles. The van der Waals surface area contributed by atoms with Crippen molar-refractivity contribution in [3.05, 3.63) is 42.0 Å². The molecule has 34 heavy (non-hydrogen) atoms. The molecule has 0 unspecified atom stereocenters. The number of methoxy groups -OCH3 is 2. The summed E-state index contributed by atoms with van der Waals surface area (Å²) < 4.78 is 19.9. The first-order valence-electron chi connectivity index (χ1n) is 11.0. The summed E-state index contributed by atoms with van der Waals surface area (Å²) in [6.07, 6.45) is 1.54. The molecule has 1 amide bonds. The van der Waals surface area contributed by atoms with Crippen molar-refractivity contribution < 1.29 is 18.8 Å². The van der Waals surface area contributed by atoms with Crippen LogP contribution in [0.2, 0.25) is 0 Å². The molecule has 2 aromatic carbocycles. The van der Waals surface area contributed by atoms with Gasteiger partial charge < -0.3 is 24.0 Å². The second-order valence-corrected chi connectivity index (χ2v) is 8.83. The van der Waals surface area contributed by atoms with E-state index in [0.29, 0.717) is 17.2 Å². The number of hydrogen-bond acceptors (Lipinski definition) is 9. The largest absolute Gasteiger partial charge is 0.496 e. The van der Waals surface area contributed by atoms with E-state index in [1.165, 1.54) is 11.9 Å². The fourth-order valence-electron chi connectivity index (χ4n) is 4.10. The van der Waals surface area contributed by atoms with Gasteiger partial charge in [0, 0.05) is 12.5 Å². The summed E-state index contributed by atoms with van der Waals surface area (Å²) >= 11 is 1.39. The molecule has 0 bridgehead atoms. The minimum Gasteiger partial charge on any atom is -0.496 e. The Balaban J connectivity index is 1.43. The smallest absolute Gasteiger partial charge is 0.224 e. The predicted octanol–water partition coefficient (Wildman–Crippen LogP) is 3.82. The van der Waals surface area contributed by atoms with E-state index in [9.17, 15) is 4.79 Å². The molecular weight excluding hydrogens is 454 g/mol. The quantitative estimate of drug-likeness (QED) is 0.348. The lowest BCUT2D eigenvalue weighted by Crippen LogP contribution is -2.40. The first-order valence-corrected chi connectivity index (χ1v) is 11.8. The first kappa shape index (κ1) is 23.7. The van der Waals surface area contributed by atoms with Crippen molar-refractivity contribution in [3.8, 4) is 17.6 Å². The molecule has 3 aromatic rings. The van der Waals surface area contributed by atoms with E-state index in [2.05, 4.69) is 20.1 Å². The number of anilines is 1. The number of piperidine rings is 1. The van der Waals surface area contributed by atoms with Crippen molar-refractivity contribution in [2.24, 2.45) is 5.92 Å². The van der Waals surface area contributed by atoms with E-state index in [1.807, 2.05) is 42.5 Å². The number of amides is 1. The molecule has 0 saturated carbocycles.